The Morgan fingerprint density at radius 2 is 2.12 bits per heavy atom. The van der Waals surface area contributed by atoms with E-state index in [9.17, 15) is 9.50 Å². The highest BCUT2D eigenvalue weighted by Crippen LogP contribution is 2.42. The Hall–Kier alpha value is -0.930. The lowest BCUT2D eigenvalue weighted by molar-refractivity contribution is -0.118. The molecule has 0 saturated heterocycles. The van der Waals surface area contributed by atoms with E-state index in [1.807, 2.05) is 6.92 Å². The summed E-state index contributed by atoms with van der Waals surface area (Å²) in [6.07, 6.45) is 3.08. The molecule has 1 atom stereocenters. The van der Waals surface area contributed by atoms with Crippen molar-refractivity contribution in [2.24, 2.45) is 0 Å². The predicted molar refractivity (Wildman–Crippen MR) is 64.2 cm³/mol. The van der Waals surface area contributed by atoms with Gasteiger partial charge in [-0.25, -0.2) is 4.39 Å². The summed E-state index contributed by atoms with van der Waals surface area (Å²) in [4.78, 5) is 0. The van der Waals surface area contributed by atoms with Gasteiger partial charge in [0.1, 0.15) is 11.9 Å². The Kier molecular flexibility index (Phi) is 3.79. The molecule has 1 saturated carbocycles. The van der Waals surface area contributed by atoms with E-state index in [4.69, 9.17) is 4.74 Å². The third-order valence-corrected chi connectivity index (χ3v) is 3.54. The van der Waals surface area contributed by atoms with Crippen LogP contribution >= 0.6 is 0 Å². The minimum atomic E-state index is -0.736. The molecule has 0 amide bonds. The quantitative estimate of drug-likeness (QED) is 0.872. The molecule has 94 valence electrons. The zero-order valence-corrected chi connectivity index (χ0v) is 10.2. The van der Waals surface area contributed by atoms with Crippen molar-refractivity contribution in [1.82, 2.24) is 0 Å². The molecule has 1 fully saturated rings. The predicted octanol–water partition coefficient (Wildman–Crippen LogP) is 3.21. The summed E-state index contributed by atoms with van der Waals surface area (Å²) in [7, 11) is 0. The van der Waals surface area contributed by atoms with E-state index in [0.717, 1.165) is 25.7 Å². The van der Waals surface area contributed by atoms with E-state index < -0.39 is 11.7 Å². The molecule has 0 radical (unpaired) electrons. The molecule has 0 aromatic heterocycles. The highest BCUT2D eigenvalue weighted by molar-refractivity contribution is 5.22. The van der Waals surface area contributed by atoms with Crippen LogP contribution in [0.3, 0.4) is 0 Å². The number of hydrogen-bond donors (Lipinski definition) is 1. The van der Waals surface area contributed by atoms with Crippen LogP contribution in [0.4, 0.5) is 4.39 Å². The van der Waals surface area contributed by atoms with Crippen LogP contribution in [0.5, 0.6) is 0 Å². The third-order valence-electron chi connectivity index (χ3n) is 3.54. The van der Waals surface area contributed by atoms with E-state index in [0.29, 0.717) is 12.2 Å². The van der Waals surface area contributed by atoms with Gasteiger partial charge in [-0.2, -0.15) is 0 Å². The number of halogens is 1. The van der Waals surface area contributed by atoms with Crippen LogP contribution < -0.4 is 0 Å². The van der Waals surface area contributed by atoms with Crippen LogP contribution in [0.1, 0.15) is 44.3 Å². The molecule has 0 spiro atoms. The van der Waals surface area contributed by atoms with Crippen molar-refractivity contribution >= 4 is 0 Å². The van der Waals surface area contributed by atoms with Gasteiger partial charge in [0.25, 0.3) is 0 Å². The standard InChI is InChI=1S/C14H19FO2/c1-2-17-14(8-3-4-9-14)13(16)11-6-5-7-12(15)10-11/h5-7,10,13,16H,2-4,8-9H2,1H3. The van der Waals surface area contributed by atoms with Gasteiger partial charge in [0.05, 0.1) is 5.60 Å². The summed E-state index contributed by atoms with van der Waals surface area (Å²) < 4.78 is 18.9. The van der Waals surface area contributed by atoms with Gasteiger partial charge in [0.2, 0.25) is 0 Å². The van der Waals surface area contributed by atoms with E-state index >= 15 is 0 Å². The lowest BCUT2D eigenvalue weighted by atomic mass is 9.89. The maximum atomic E-state index is 13.2. The topological polar surface area (TPSA) is 29.5 Å². The molecule has 17 heavy (non-hydrogen) atoms. The molecule has 0 aliphatic heterocycles. The fraction of sp³-hybridized carbons (Fsp3) is 0.571. The van der Waals surface area contributed by atoms with Crippen LogP contribution in [0, 0.1) is 5.82 Å². The van der Waals surface area contributed by atoms with Crippen molar-refractivity contribution in [3.8, 4) is 0 Å². The average molecular weight is 238 g/mol. The smallest absolute Gasteiger partial charge is 0.123 e. The van der Waals surface area contributed by atoms with Gasteiger partial charge in [-0.1, -0.05) is 25.0 Å². The Morgan fingerprint density at radius 1 is 1.41 bits per heavy atom. The van der Waals surface area contributed by atoms with Gasteiger partial charge in [-0.3, -0.25) is 0 Å². The minimum absolute atomic E-state index is 0.314. The van der Waals surface area contributed by atoms with Gasteiger partial charge >= 0.3 is 0 Å². The fourth-order valence-corrected chi connectivity index (χ4v) is 2.74. The summed E-state index contributed by atoms with van der Waals surface area (Å²) in [6.45, 7) is 2.50. The highest BCUT2D eigenvalue weighted by Gasteiger charge is 2.42. The molecule has 1 unspecified atom stereocenters. The maximum Gasteiger partial charge on any atom is 0.123 e. The minimum Gasteiger partial charge on any atom is -0.385 e. The molecular formula is C14H19FO2. The van der Waals surface area contributed by atoms with Crippen molar-refractivity contribution in [1.29, 1.82) is 0 Å². The van der Waals surface area contributed by atoms with Crippen LogP contribution in [0.2, 0.25) is 0 Å². The first-order valence-electron chi connectivity index (χ1n) is 6.25. The third kappa shape index (κ3) is 2.50. The number of ether oxygens (including phenoxy) is 1. The number of aliphatic hydroxyl groups is 1. The van der Waals surface area contributed by atoms with Crippen LogP contribution in [-0.2, 0) is 4.74 Å². The molecule has 1 aliphatic rings. The van der Waals surface area contributed by atoms with Gasteiger partial charge in [-0.15, -0.1) is 0 Å². The lowest BCUT2D eigenvalue weighted by Gasteiger charge is -2.34. The normalized spacial score (nSPS) is 20.4. The molecule has 1 aromatic carbocycles. The van der Waals surface area contributed by atoms with Gasteiger partial charge in [-0.05, 0) is 37.5 Å². The van der Waals surface area contributed by atoms with Crippen molar-refractivity contribution in [2.45, 2.75) is 44.3 Å². The second-order valence-electron chi connectivity index (χ2n) is 4.66. The van der Waals surface area contributed by atoms with Gasteiger partial charge < -0.3 is 9.84 Å². The largest absolute Gasteiger partial charge is 0.385 e. The van der Waals surface area contributed by atoms with Crippen molar-refractivity contribution < 1.29 is 14.2 Å². The number of hydrogen-bond acceptors (Lipinski definition) is 2. The first-order chi connectivity index (χ1) is 8.18. The zero-order valence-electron chi connectivity index (χ0n) is 10.2. The maximum absolute atomic E-state index is 13.2. The molecule has 1 N–H and O–H groups in total. The first kappa shape index (κ1) is 12.5. The van der Waals surface area contributed by atoms with Crippen LogP contribution in [-0.4, -0.2) is 17.3 Å². The summed E-state index contributed by atoms with van der Waals surface area (Å²) in [5.74, 6) is -0.314. The molecule has 1 aliphatic carbocycles. The molecule has 0 heterocycles. The van der Waals surface area contributed by atoms with Crippen molar-refractivity contribution in [3.05, 3.63) is 35.6 Å². The van der Waals surface area contributed by atoms with Crippen molar-refractivity contribution in [2.75, 3.05) is 6.61 Å². The SMILES string of the molecule is CCOC1(C(O)c2cccc(F)c2)CCCC1. The van der Waals surface area contributed by atoms with E-state index in [2.05, 4.69) is 0 Å². The first-order valence-corrected chi connectivity index (χ1v) is 6.25. The molecular weight excluding hydrogens is 219 g/mol. The molecule has 2 nitrogen and oxygen atoms in total. The number of benzene rings is 1. The average Bonchev–Trinajstić information content (AvgIpc) is 2.78. The van der Waals surface area contributed by atoms with Gasteiger partial charge in [0, 0.05) is 6.61 Å². The van der Waals surface area contributed by atoms with Crippen molar-refractivity contribution in [3.63, 3.8) is 0 Å². The molecule has 3 heteroatoms. The summed E-state index contributed by atoms with van der Waals surface area (Å²) >= 11 is 0. The molecule has 2 rings (SSSR count). The monoisotopic (exact) mass is 238 g/mol. The Labute approximate surface area is 101 Å². The van der Waals surface area contributed by atoms with Gasteiger partial charge in [0.15, 0.2) is 0 Å². The molecule has 0 bridgehead atoms. The Bertz CT molecular complexity index is 372. The Balaban J connectivity index is 2.24. The van der Waals surface area contributed by atoms with E-state index in [1.54, 1.807) is 12.1 Å². The van der Waals surface area contributed by atoms with E-state index in [1.165, 1.54) is 12.1 Å². The second kappa shape index (κ2) is 5.15. The Morgan fingerprint density at radius 3 is 2.71 bits per heavy atom. The number of rotatable bonds is 4. The van der Waals surface area contributed by atoms with Crippen LogP contribution in [0.25, 0.3) is 0 Å². The van der Waals surface area contributed by atoms with E-state index in [-0.39, 0.29) is 5.82 Å². The summed E-state index contributed by atoms with van der Waals surface area (Å²) in [5, 5.41) is 10.4. The summed E-state index contributed by atoms with van der Waals surface area (Å²) in [6, 6.07) is 6.16. The summed E-state index contributed by atoms with van der Waals surface area (Å²) in [5.41, 5.74) is 0.100. The lowest BCUT2D eigenvalue weighted by Crippen LogP contribution is -2.36. The zero-order chi connectivity index (χ0) is 12.3. The highest BCUT2D eigenvalue weighted by atomic mass is 19.1. The van der Waals surface area contributed by atoms with Crippen LogP contribution in [0.15, 0.2) is 24.3 Å². The molecule has 1 aromatic rings. The fourth-order valence-electron chi connectivity index (χ4n) is 2.74. The number of aliphatic hydroxyl groups excluding tert-OH is 1. The second-order valence-corrected chi connectivity index (χ2v) is 4.66.